The summed E-state index contributed by atoms with van der Waals surface area (Å²) in [5, 5.41) is 10.4. The predicted molar refractivity (Wildman–Crippen MR) is 119 cm³/mol. The van der Waals surface area contributed by atoms with Crippen LogP contribution < -0.4 is 4.74 Å². The van der Waals surface area contributed by atoms with Gasteiger partial charge in [0.2, 0.25) is 0 Å². The van der Waals surface area contributed by atoms with Crippen LogP contribution >= 0.6 is 0 Å². The van der Waals surface area contributed by atoms with E-state index >= 15 is 0 Å². The predicted octanol–water partition coefficient (Wildman–Crippen LogP) is 3.94. The molecule has 2 heterocycles. The standard InChI is InChI=1S/C25H31NO6/c1-14-21(24(29)32-13-16-6-5-9-31-16)22(15-7-8-20(30-4)18(27)10-15)23-17(26-14)11-25(2,3)12-19(23)28/h7-8,10,16,22-23,27H,5-6,9,11-13H2,1-4H3/t16-,22-,23-/m0/s1. The van der Waals surface area contributed by atoms with Gasteiger partial charge in [0, 0.05) is 30.4 Å². The maximum Gasteiger partial charge on any atom is 0.336 e. The highest BCUT2D eigenvalue weighted by atomic mass is 16.6. The largest absolute Gasteiger partial charge is 0.504 e. The van der Waals surface area contributed by atoms with Crippen molar-refractivity contribution in [2.45, 2.75) is 58.5 Å². The second-order valence-corrected chi connectivity index (χ2v) is 9.71. The van der Waals surface area contributed by atoms with Gasteiger partial charge in [-0.25, -0.2) is 4.79 Å². The molecule has 0 unspecified atom stereocenters. The number of aliphatic imine (C=N–C) groups is 1. The number of esters is 1. The molecule has 1 aliphatic carbocycles. The van der Waals surface area contributed by atoms with E-state index in [2.05, 4.69) is 13.8 Å². The molecule has 0 spiro atoms. The van der Waals surface area contributed by atoms with E-state index in [1.807, 2.05) is 0 Å². The maximum absolute atomic E-state index is 13.3. The second-order valence-electron chi connectivity index (χ2n) is 9.71. The monoisotopic (exact) mass is 441 g/mol. The molecule has 3 aliphatic rings. The number of ketones is 1. The van der Waals surface area contributed by atoms with Crippen molar-refractivity contribution in [2.75, 3.05) is 20.3 Å². The maximum atomic E-state index is 13.3. The third kappa shape index (κ3) is 4.31. The van der Waals surface area contributed by atoms with Crippen molar-refractivity contribution in [2.24, 2.45) is 16.3 Å². The summed E-state index contributed by atoms with van der Waals surface area (Å²) >= 11 is 0. The molecule has 0 bridgehead atoms. The number of phenolic OH excluding ortho intramolecular Hbond substituents is 1. The zero-order valence-electron chi connectivity index (χ0n) is 19.1. The molecule has 7 nitrogen and oxygen atoms in total. The Morgan fingerprint density at radius 2 is 2.06 bits per heavy atom. The molecule has 1 aromatic carbocycles. The first-order valence-electron chi connectivity index (χ1n) is 11.2. The summed E-state index contributed by atoms with van der Waals surface area (Å²) in [6.07, 6.45) is 2.81. The van der Waals surface area contributed by atoms with E-state index in [1.165, 1.54) is 7.11 Å². The van der Waals surface area contributed by atoms with Crippen molar-refractivity contribution in [1.82, 2.24) is 0 Å². The lowest BCUT2D eigenvalue weighted by Crippen LogP contribution is -2.44. The fraction of sp³-hybridized carbons (Fsp3) is 0.560. The Balaban J connectivity index is 1.74. The van der Waals surface area contributed by atoms with Crippen LogP contribution in [0.4, 0.5) is 0 Å². The lowest BCUT2D eigenvalue weighted by molar-refractivity contribution is -0.142. The number of rotatable bonds is 5. The van der Waals surface area contributed by atoms with Crippen LogP contribution in [0.3, 0.4) is 0 Å². The van der Waals surface area contributed by atoms with Gasteiger partial charge in [0.25, 0.3) is 0 Å². The minimum atomic E-state index is -0.570. The molecule has 172 valence electrons. The van der Waals surface area contributed by atoms with E-state index in [9.17, 15) is 14.7 Å². The molecule has 7 heteroatoms. The van der Waals surface area contributed by atoms with Gasteiger partial charge in [-0.3, -0.25) is 9.79 Å². The molecule has 1 aromatic rings. The van der Waals surface area contributed by atoms with Gasteiger partial charge in [0.15, 0.2) is 11.5 Å². The van der Waals surface area contributed by atoms with Crippen LogP contribution in [-0.2, 0) is 19.1 Å². The highest BCUT2D eigenvalue weighted by Crippen LogP contribution is 2.48. The lowest BCUT2D eigenvalue weighted by atomic mass is 9.63. The normalized spacial score (nSPS) is 27.1. The quantitative estimate of drug-likeness (QED) is 0.696. The zero-order chi connectivity index (χ0) is 23.0. The Kier molecular flexibility index (Phi) is 6.12. The van der Waals surface area contributed by atoms with Gasteiger partial charge in [-0.2, -0.15) is 0 Å². The van der Waals surface area contributed by atoms with Crippen LogP contribution in [-0.4, -0.2) is 49.0 Å². The van der Waals surface area contributed by atoms with E-state index in [4.69, 9.17) is 19.2 Å². The van der Waals surface area contributed by atoms with Gasteiger partial charge in [-0.05, 0) is 49.3 Å². The van der Waals surface area contributed by atoms with E-state index in [0.717, 1.165) is 18.6 Å². The average Bonchev–Trinajstić information content (AvgIpc) is 3.23. The number of carbonyl (C=O) groups excluding carboxylic acids is 2. The van der Waals surface area contributed by atoms with Crippen LogP contribution in [0, 0.1) is 11.3 Å². The summed E-state index contributed by atoms with van der Waals surface area (Å²) in [6.45, 7) is 6.76. The molecule has 1 saturated heterocycles. The first-order valence-corrected chi connectivity index (χ1v) is 11.2. The van der Waals surface area contributed by atoms with Crippen LogP contribution in [0.5, 0.6) is 11.5 Å². The van der Waals surface area contributed by atoms with Gasteiger partial charge in [-0.1, -0.05) is 19.9 Å². The smallest absolute Gasteiger partial charge is 0.336 e. The summed E-state index contributed by atoms with van der Waals surface area (Å²) in [5.41, 5.74) is 2.20. The first kappa shape index (κ1) is 22.5. The van der Waals surface area contributed by atoms with Crippen molar-refractivity contribution >= 4 is 17.5 Å². The molecule has 2 fully saturated rings. The molecule has 4 rings (SSSR count). The fourth-order valence-electron chi connectivity index (χ4n) is 5.14. The number of ether oxygens (including phenoxy) is 3. The summed E-state index contributed by atoms with van der Waals surface area (Å²) in [5.74, 6) is -1.26. The van der Waals surface area contributed by atoms with Crippen molar-refractivity contribution in [3.8, 4) is 11.5 Å². The number of aromatic hydroxyl groups is 1. The van der Waals surface area contributed by atoms with Crippen LogP contribution in [0.2, 0.25) is 0 Å². The number of carbonyl (C=O) groups is 2. The van der Waals surface area contributed by atoms with Crippen molar-refractivity contribution in [1.29, 1.82) is 0 Å². The first-order chi connectivity index (χ1) is 15.2. The van der Waals surface area contributed by atoms with Gasteiger partial charge in [-0.15, -0.1) is 0 Å². The minimum Gasteiger partial charge on any atom is -0.504 e. The Morgan fingerprint density at radius 1 is 1.28 bits per heavy atom. The number of Topliss-reactive ketones (excluding diaryl/α,β-unsaturated/α-hetero) is 1. The van der Waals surface area contributed by atoms with Crippen LogP contribution in [0.1, 0.15) is 57.9 Å². The van der Waals surface area contributed by atoms with Crippen LogP contribution in [0.25, 0.3) is 0 Å². The highest BCUT2D eigenvalue weighted by Gasteiger charge is 2.48. The van der Waals surface area contributed by atoms with E-state index < -0.39 is 17.8 Å². The molecule has 1 N–H and O–H groups in total. The van der Waals surface area contributed by atoms with E-state index in [1.54, 1.807) is 25.1 Å². The molecule has 1 saturated carbocycles. The second kappa shape index (κ2) is 8.70. The van der Waals surface area contributed by atoms with Gasteiger partial charge >= 0.3 is 5.97 Å². The topological polar surface area (TPSA) is 94.4 Å². The zero-order valence-corrected chi connectivity index (χ0v) is 19.1. The van der Waals surface area contributed by atoms with E-state index in [-0.39, 0.29) is 29.7 Å². The average molecular weight is 442 g/mol. The molecular formula is C25H31NO6. The third-order valence-corrected chi connectivity index (χ3v) is 6.57. The van der Waals surface area contributed by atoms with Crippen molar-refractivity contribution in [3.05, 3.63) is 35.0 Å². The molecule has 0 radical (unpaired) electrons. The number of methoxy groups -OCH3 is 1. The fourth-order valence-corrected chi connectivity index (χ4v) is 5.14. The number of fused-ring (bicyclic) bond motifs is 1. The number of hydrogen-bond donors (Lipinski definition) is 1. The SMILES string of the molecule is COc1ccc([C@H]2C(C(=O)OC[C@@H]3CCCO3)=C(C)N=C3CC(C)(C)CC(=O)[C@H]32)cc1O. The van der Waals surface area contributed by atoms with Crippen molar-refractivity contribution < 1.29 is 28.9 Å². The molecule has 2 aliphatic heterocycles. The Hall–Kier alpha value is -2.67. The van der Waals surface area contributed by atoms with Gasteiger partial charge in [0.1, 0.15) is 12.4 Å². The molecule has 0 aromatic heterocycles. The number of allylic oxidation sites excluding steroid dienone is 1. The summed E-state index contributed by atoms with van der Waals surface area (Å²) in [4.78, 5) is 31.3. The van der Waals surface area contributed by atoms with E-state index in [0.29, 0.717) is 42.0 Å². The molecular weight excluding hydrogens is 410 g/mol. The van der Waals surface area contributed by atoms with Crippen LogP contribution in [0.15, 0.2) is 34.5 Å². The highest BCUT2D eigenvalue weighted by molar-refractivity contribution is 6.12. The summed E-state index contributed by atoms with van der Waals surface area (Å²) in [7, 11) is 1.48. The number of phenols is 1. The Labute approximate surface area is 188 Å². The molecule has 32 heavy (non-hydrogen) atoms. The summed E-state index contributed by atoms with van der Waals surface area (Å²) < 4.78 is 16.4. The van der Waals surface area contributed by atoms with Crippen molar-refractivity contribution in [3.63, 3.8) is 0 Å². The lowest BCUT2D eigenvalue weighted by Gasteiger charge is -2.41. The number of benzene rings is 1. The van der Waals surface area contributed by atoms with Gasteiger partial charge in [0.05, 0.1) is 24.7 Å². The number of hydrogen-bond acceptors (Lipinski definition) is 7. The Bertz CT molecular complexity index is 986. The number of nitrogens with zero attached hydrogens (tertiary/aromatic N) is 1. The molecule has 0 amide bonds. The van der Waals surface area contributed by atoms with Gasteiger partial charge < -0.3 is 19.3 Å². The molecule has 3 atom stereocenters. The summed E-state index contributed by atoms with van der Waals surface area (Å²) in [6, 6.07) is 5.01. The minimum absolute atomic E-state index is 0.0395. The third-order valence-electron chi connectivity index (χ3n) is 6.57. The Morgan fingerprint density at radius 3 is 2.72 bits per heavy atom.